The number of hydrogen-bond donors (Lipinski definition) is 1. The SMILES string of the molecule is CNC(=O)OCC1CCC#CCCC1C. The quantitative estimate of drug-likeness (QED) is 0.708. The molecule has 0 heterocycles. The normalized spacial score (nSPS) is 25.5. The van der Waals surface area contributed by atoms with Crippen LogP contribution in [0.5, 0.6) is 0 Å². The van der Waals surface area contributed by atoms with E-state index in [4.69, 9.17) is 4.74 Å². The van der Waals surface area contributed by atoms with Crippen molar-refractivity contribution in [1.29, 1.82) is 0 Å². The van der Waals surface area contributed by atoms with Crippen LogP contribution in [-0.2, 0) is 4.74 Å². The number of amides is 1. The summed E-state index contributed by atoms with van der Waals surface area (Å²) in [7, 11) is 1.58. The molecular formula is C12H19NO2. The van der Waals surface area contributed by atoms with Crippen molar-refractivity contribution >= 4 is 6.09 Å². The van der Waals surface area contributed by atoms with E-state index in [-0.39, 0.29) is 6.09 Å². The van der Waals surface area contributed by atoms with E-state index >= 15 is 0 Å². The summed E-state index contributed by atoms with van der Waals surface area (Å²) in [6, 6.07) is 0. The first-order chi connectivity index (χ1) is 7.24. The summed E-state index contributed by atoms with van der Waals surface area (Å²) in [5.74, 6) is 7.32. The standard InChI is InChI=1S/C12H19NO2/c1-10-7-5-3-4-6-8-11(10)9-15-12(14)13-2/h10-11H,5-9H2,1-2H3,(H,13,14). The second-order valence-electron chi connectivity index (χ2n) is 4.02. The molecule has 3 heteroatoms. The van der Waals surface area contributed by atoms with Gasteiger partial charge in [0.05, 0.1) is 6.61 Å². The predicted molar refractivity (Wildman–Crippen MR) is 59.3 cm³/mol. The molecule has 1 aliphatic carbocycles. The third kappa shape index (κ3) is 4.24. The molecule has 0 aromatic carbocycles. The average molecular weight is 209 g/mol. The lowest BCUT2D eigenvalue weighted by Gasteiger charge is -2.23. The summed E-state index contributed by atoms with van der Waals surface area (Å²) in [4.78, 5) is 11.0. The molecule has 2 atom stereocenters. The van der Waals surface area contributed by atoms with Crippen LogP contribution in [0.2, 0.25) is 0 Å². The Morgan fingerprint density at radius 2 is 2.07 bits per heavy atom. The van der Waals surface area contributed by atoms with E-state index in [1.807, 2.05) is 0 Å². The van der Waals surface area contributed by atoms with Gasteiger partial charge >= 0.3 is 6.09 Å². The van der Waals surface area contributed by atoms with Gasteiger partial charge in [-0.25, -0.2) is 4.79 Å². The minimum atomic E-state index is -0.338. The Morgan fingerprint density at radius 1 is 1.40 bits per heavy atom. The zero-order valence-corrected chi connectivity index (χ0v) is 9.51. The van der Waals surface area contributed by atoms with Crippen LogP contribution in [0.4, 0.5) is 4.79 Å². The van der Waals surface area contributed by atoms with E-state index in [0.717, 1.165) is 25.7 Å². The highest BCUT2D eigenvalue weighted by Gasteiger charge is 2.19. The number of nitrogens with one attached hydrogen (secondary N) is 1. The van der Waals surface area contributed by atoms with Crippen LogP contribution in [0.25, 0.3) is 0 Å². The van der Waals surface area contributed by atoms with Crippen LogP contribution in [0.3, 0.4) is 0 Å². The van der Waals surface area contributed by atoms with Gasteiger partial charge in [0.15, 0.2) is 0 Å². The summed E-state index contributed by atoms with van der Waals surface area (Å²) in [6.07, 6.45) is 3.69. The number of carbonyl (C=O) groups is 1. The van der Waals surface area contributed by atoms with Crippen LogP contribution in [0.1, 0.15) is 32.6 Å². The average Bonchev–Trinajstić information content (AvgIpc) is 2.22. The highest BCUT2D eigenvalue weighted by molar-refractivity contribution is 5.66. The molecule has 0 saturated carbocycles. The molecule has 1 amide bonds. The van der Waals surface area contributed by atoms with Gasteiger partial charge in [-0.1, -0.05) is 6.92 Å². The number of ether oxygens (including phenoxy) is 1. The van der Waals surface area contributed by atoms with Gasteiger partial charge in [0.1, 0.15) is 0 Å². The third-order valence-electron chi connectivity index (χ3n) is 2.93. The molecule has 1 aliphatic rings. The van der Waals surface area contributed by atoms with Gasteiger partial charge in [0.2, 0.25) is 0 Å². The lowest BCUT2D eigenvalue weighted by Crippen LogP contribution is -2.25. The molecule has 3 nitrogen and oxygen atoms in total. The van der Waals surface area contributed by atoms with E-state index in [1.54, 1.807) is 7.05 Å². The fraction of sp³-hybridized carbons (Fsp3) is 0.750. The first kappa shape index (κ1) is 11.9. The van der Waals surface area contributed by atoms with Gasteiger partial charge < -0.3 is 10.1 Å². The minimum Gasteiger partial charge on any atom is -0.449 e. The van der Waals surface area contributed by atoms with Crippen molar-refractivity contribution in [3.63, 3.8) is 0 Å². The number of hydrogen-bond acceptors (Lipinski definition) is 2. The topological polar surface area (TPSA) is 38.3 Å². The fourth-order valence-corrected chi connectivity index (χ4v) is 1.76. The molecule has 84 valence electrons. The molecule has 0 aromatic heterocycles. The molecular weight excluding hydrogens is 190 g/mol. The van der Waals surface area contributed by atoms with E-state index in [9.17, 15) is 4.79 Å². The summed E-state index contributed by atoms with van der Waals surface area (Å²) in [5, 5.41) is 2.46. The van der Waals surface area contributed by atoms with Gasteiger partial charge in [-0.05, 0) is 24.7 Å². The van der Waals surface area contributed by atoms with Crippen molar-refractivity contribution in [3.05, 3.63) is 0 Å². The third-order valence-corrected chi connectivity index (χ3v) is 2.93. The van der Waals surface area contributed by atoms with Gasteiger partial charge in [-0.3, -0.25) is 0 Å². The maximum atomic E-state index is 11.0. The highest BCUT2D eigenvalue weighted by Crippen LogP contribution is 2.23. The first-order valence-electron chi connectivity index (χ1n) is 5.54. The fourth-order valence-electron chi connectivity index (χ4n) is 1.76. The van der Waals surface area contributed by atoms with Crippen molar-refractivity contribution in [2.75, 3.05) is 13.7 Å². The molecule has 0 bridgehead atoms. The van der Waals surface area contributed by atoms with Crippen LogP contribution in [0, 0.1) is 23.7 Å². The zero-order chi connectivity index (χ0) is 11.1. The van der Waals surface area contributed by atoms with Gasteiger partial charge in [-0.15, -0.1) is 11.8 Å². The molecule has 1 N–H and O–H groups in total. The monoisotopic (exact) mass is 209 g/mol. The van der Waals surface area contributed by atoms with Gasteiger partial charge in [0, 0.05) is 19.9 Å². The highest BCUT2D eigenvalue weighted by atomic mass is 16.5. The van der Waals surface area contributed by atoms with Crippen LogP contribution in [0.15, 0.2) is 0 Å². The Hall–Kier alpha value is -1.17. The van der Waals surface area contributed by atoms with E-state index < -0.39 is 0 Å². The maximum Gasteiger partial charge on any atom is 0.406 e. The van der Waals surface area contributed by atoms with E-state index in [2.05, 4.69) is 24.1 Å². The Kier molecular flexibility index (Phi) is 5.03. The summed E-state index contributed by atoms with van der Waals surface area (Å²) in [5.41, 5.74) is 0. The van der Waals surface area contributed by atoms with Crippen molar-refractivity contribution in [2.24, 2.45) is 11.8 Å². The van der Waals surface area contributed by atoms with Crippen molar-refractivity contribution in [3.8, 4) is 11.8 Å². The van der Waals surface area contributed by atoms with Crippen molar-refractivity contribution < 1.29 is 9.53 Å². The Bertz CT molecular complexity index is 265. The lowest BCUT2D eigenvalue weighted by molar-refractivity contribution is 0.109. The Balaban J connectivity index is 2.38. The Labute approximate surface area is 91.6 Å². The van der Waals surface area contributed by atoms with Gasteiger partial charge in [-0.2, -0.15) is 0 Å². The Morgan fingerprint density at radius 3 is 2.73 bits per heavy atom. The molecule has 0 fully saturated rings. The second-order valence-corrected chi connectivity index (χ2v) is 4.02. The van der Waals surface area contributed by atoms with E-state index in [0.29, 0.717) is 18.4 Å². The molecule has 0 radical (unpaired) electrons. The summed E-state index contributed by atoms with van der Waals surface area (Å²) >= 11 is 0. The maximum absolute atomic E-state index is 11.0. The molecule has 0 aliphatic heterocycles. The zero-order valence-electron chi connectivity index (χ0n) is 9.51. The first-order valence-corrected chi connectivity index (χ1v) is 5.54. The second kappa shape index (κ2) is 6.34. The van der Waals surface area contributed by atoms with Crippen LogP contribution < -0.4 is 5.32 Å². The predicted octanol–water partition coefficient (Wildman–Crippen LogP) is 2.17. The lowest BCUT2D eigenvalue weighted by atomic mass is 9.86. The minimum absolute atomic E-state index is 0.338. The number of carbonyl (C=O) groups excluding carboxylic acids is 1. The summed E-state index contributed by atoms with van der Waals surface area (Å²) < 4.78 is 5.10. The van der Waals surface area contributed by atoms with Crippen molar-refractivity contribution in [1.82, 2.24) is 5.32 Å². The van der Waals surface area contributed by atoms with Crippen LogP contribution in [-0.4, -0.2) is 19.7 Å². The molecule has 0 aromatic rings. The number of alkyl carbamates (subject to hydrolysis) is 1. The molecule has 15 heavy (non-hydrogen) atoms. The molecule has 0 spiro atoms. The molecule has 2 unspecified atom stereocenters. The number of rotatable bonds is 2. The van der Waals surface area contributed by atoms with Crippen molar-refractivity contribution in [2.45, 2.75) is 32.6 Å². The molecule has 0 saturated heterocycles. The van der Waals surface area contributed by atoms with Crippen LogP contribution >= 0.6 is 0 Å². The summed E-state index contributed by atoms with van der Waals surface area (Å²) in [6.45, 7) is 2.73. The largest absolute Gasteiger partial charge is 0.449 e. The molecule has 1 rings (SSSR count). The van der Waals surface area contributed by atoms with Gasteiger partial charge in [0.25, 0.3) is 0 Å². The smallest absolute Gasteiger partial charge is 0.406 e. The van der Waals surface area contributed by atoms with E-state index in [1.165, 1.54) is 0 Å².